The van der Waals surface area contributed by atoms with E-state index >= 15 is 0 Å². The molecule has 0 saturated heterocycles. The number of hydrogen-bond acceptors (Lipinski definition) is 2. The molecule has 0 bridgehead atoms. The standard InChI is InChI=1S/C13H19NO2S/c1-3-4-5-6-11-14-17(15,16)13-9-7-12(2)8-10-13/h4-5,7-10,14H,3,6,11H2,1-2H3/b5-4+. The van der Waals surface area contributed by atoms with Crippen LogP contribution in [0.15, 0.2) is 41.3 Å². The first kappa shape index (κ1) is 13.9. The normalized spacial score (nSPS) is 12.1. The second-order valence-corrected chi connectivity index (χ2v) is 5.65. The Kier molecular flexibility index (Phi) is 5.38. The van der Waals surface area contributed by atoms with E-state index in [2.05, 4.69) is 4.72 Å². The molecule has 17 heavy (non-hydrogen) atoms. The van der Waals surface area contributed by atoms with E-state index in [0.717, 1.165) is 18.4 Å². The van der Waals surface area contributed by atoms with Gasteiger partial charge in [-0.2, -0.15) is 0 Å². The highest BCUT2D eigenvalue weighted by Gasteiger charge is 2.11. The number of allylic oxidation sites excluding steroid dienone is 1. The molecule has 0 saturated carbocycles. The van der Waals surface area contributed by atoms with Crippen molar-refractivity contribution in [1.82, 2.24) is 4.72 Å². The van der Waals surface area contributed by atoms with Crippen molar-refractivity contribution < 1.29 is 8.42 Å². The van der Waals surface area contributed by atoms with Crippen LogP contribution >= 0.6 is 0 Å². The predicted octanol–water partition coefficient (Wildman–Crippen LogP) is 2.63. The Morgan fingerprint density at radius 2 is 1.82 bits per heavy atom. The minimum atomic E-state index is -3.35. The number of benzene rings is 1. The lowest BCUT2D eigenvalue weighted by Gasteiger charge is -2.05. The summed E-state index contributed by atoms with van der Waals surface area (Å²) in [7, 11) is -3.35. The molecule has 94 valence electrons. The quantitative estimate of drug-likeness (QED) is 0.626. The summed E-state index contributed by atoms with van der Waals surface area (Å²) in [6, 6.07) is 6.84. The zero-order valence-electron chi connectivity index (χ0n) is 10.3. The van der Waals surface area contributed by atoms with Crippen LogP contribution in [0.4, 0.5) is 0 Å². The fraction of sp³-hybridized carbons (Fsp3) is 0.385. The minimum Gasteiger partial charge on any atom is -0.211 e. The average molecular weight is 253 g/mol. The Bertz CT molecular complexity index is 461. The van der Waals surface area contributed by atoms with Crippen molar-refractivity contribution in [1.29, 1.82) is 0 Å². The Morgan fingerprint density at radius 3 is 2.41 bits per heavy atom. The lowest BCUT2D eigenvalue weighted by molar-refractivity contribution is 0.582. The van der Waals surface area contributed by atoms with Crippen LogP contribution < -0.4 is 4.72 Å². The minimum absolute atomic E-state index is 0.322. The van der Waals surface area contributed by atoms with Gasteiger partial charge in [0.25, 0.3) is 0 Å². The van der Waals surface area contributed by atoms with Gasteiger partial charge >= 0.3 is 0 Å². The highest BCUT2D eigenvalue weighted by atomic mass is 32.2. The van der Waals surface area contributed by atoms with Gasteiger partial charge < -0.3 is 0 Å². The zero-order chi connectivity index (χ0) is 12.7. The van der Waals surface area contributed by atoms with E-state index in [9.17, 15) is 8.42 Å². The number of nitrogens with one attached hydrogen (secondary N) is 1. The molecule has 0 unspecified atom stereocenters. The van der Waals surface area contributed by atoms with Crippen molar-refractivity contribution in [2.75, 3.05) is 6.54 Å². The van der Waals surface area contributed by atoms with Gasteiger partial charge in [-0.25, -0.2) is 13.1 Å². The van der Waals surface area contributed by atoms with Crippen LogP contribution in [-0.4, -0.2) is 15.0 Å². The molecule has 0 aliphatic heterocycles. The van der Waals surface area contributed by atoms with E-state index in [0.29, 0.717) is 11.4 Å². The highest BCUT2D eigenvalue weighted by Crippen LogP contribution is 2.09. The van der Waals surface area contributed by atoms with Crippen LogP contribution in [-0.2, 0) is 10.0 Å². The molecule has 3 nitrogen and oxygen atoms in total. The Balaban J connectivity index is 2.57. The van der Waals surface area contributed by atoms with Gasteiger partial charge in [-0.1, -0.05) is 36.8 Å². The topological polar surface area (TPSA) is 46.2 Å². The third-order valence-corrected chi connectivity index (χ3v) is 3.81. The van der Waals surface area contributed by atoms with Gasteiger partial charge in [0.15, 0.2) is 0 Å². The van der Waals surface area contributed by atoms with Crippen molar-refractivity contribution >= 4 is 10.0 Å². The fourth-order valence-corrected chi connectivity index (χ4v) is 2.41. The van der Waals surface area contributed by atoms with E-state index in [4.69, 9.17) is 0 Å². The number of sulfonamides is 1. The lowest BCUT2D eigenvalue weighted by atomic mass is 10.2. The Labute approximate surface area is 104 Å². The van der Waals surface area contributed by atoms with Crippen molar-refractivity contribution in [2.45, 2.75) is 31.6 Å². The van der Waals surface area contributed by atoms with Crippen LogP contribution in [0, 0.1) is 6.92 Å². The van der Waals surface area contributed by atoms with E-state index in [-0.39, 0.29) is 0 Å². The maximum absolute atomic E-state index is 11.8. The molecule has 1 aromatic carbocycles. The van der Waals surface area contributed by atoms with Crippen LogP contribution in [0.2, 0.25) is 0 Å². The van der Waals surface area contributed by atoms with Crippen molar-refractivity contribution in [3.63, 3.8) is 0 Å². The number of aryl methyl sites for hydroxylation is 1. The van der Waals surface area contributed by atoms with E-state index in [1.165, 1.54) is 0 Å². The predicted molar refractivity (Wildman–Crippen MR) is 70.4 cm³/mol. The first-order valence-electron chi connectivity index (χ1n) is 5.77. The molecule has 1 aromatic rings. The van der Waals surface area contributed by atoms with Gasteiger partial charge in [0.05, 0.1) is 4.90 Å². The van der Waals surface area contributed by atoms with Gasteiger partial charge in [0.2, 0.25) is 10.0 Å². The fourth-order valence-electron chi connectivity index (χ4n) is 1.36. The molecule has 0 heterocycles. The summed E-state index contributed by atoms with van der Waals surface area (Å²) < 4.78 is 26.3. The monoisotopic (exact) mass is 253 g/mol. The highest BCUT2D eigenvalue weighted by molar-refractivity contribution is 7.89. The molecule has 0 amide bonds. The van der Waals surface area contributed by atoms with Crippen LogP contribution in [0.1, 0.15) is 25.3 Å². The molecule has 1 N–H and O–H groups in total. The molecule has 0 spiro atoms. The second kappa shape index (κ2) is 6.57. The molecule has 0 aliphatic rings. The summed E-state index contributed by atoms with van der Waals surface area (Å²) in [5.41, 5.74) is 1.05. The average Bonchev–Trinajstić information content (AvgIpc) is 2.29. The number of hydrogen-bond donors (Lipinski definition) is 1. The van der Waals surface area contributed by atoms with Crippen LogP contribution in [0.3, 0.4) is 0 Å². The summed E-state index contributed by atoms with van der Waals surface area (Å²) in [6.07, 6.45) is 5.71. The summed E-state index contributed by atoms with van der Waals surface area (Å²) in [5, 5.41) is 0. The SMILES string of the molecule is CC/C=C/CCNS(=O)(=O)c1ccc(C)cc1. The van der Waals surface area contributed by atoms with Gasteiger partial charge in [0, 0.05) is 6.54 Å². The molecule has 0 atom stereocenters. The molecule has 0 radical (unpaired) electrons. The lowest BCUT2D eigenvalue weighted by Crippen LogP contribution is -2.24. The largest absolute Gasteiger partial charge is 0.240 e. The maximum Gasteiger partial charge on any atom is 0.240 e. The van der Waals surface area contributed by atoms with Crippen molar-refractivity contribution in [3.05, 3.63) is 42.0 Å². The summed E-state index contributed by atoms with van der Waals surface area (Å²) >= 11 is 0. The molecule has 4 heteroatoms. The molecular weight excluding hydrogens is 234 g/mol. The number of rotatable bonds is 6. The van der Waals surface area contributed by atoms with E-state index < -0.39 is 10.0 Å². The zero-order valence-corrected chi connectivity index (χ0v) is 11.1. The first-order chi connectivity index (χ1) is 8.06. The van der Waals surface area contributed by atoms with Gasteiger partial charge in [0.1, 0.15) is 0 Å². The van der Waals surface area contributed by atoms with Gasteiger partial charge in [-0.05, 0) is 31.9 Å². The van der Waals surface area contributed by atoms with Crippen LogP contribution in [0.5, 0.6) is 0 Å². The van der Waals surface area contributed by atoms with Crippen molar-refractivity contribution in [3.8, 4) is 0 Å². The van der Waals surface area contributed by atoms with Crippen molar-refractivity contribution in [2.24, 2.45) is 0 Å². The molecular formula is C13H19NO2S. The Hall–Kier alpha value is -1.13. The summed E-state index contributed by atoms with van der Waals surface area (Å²) in [4.78, 5) is 0.322. The van der Waals surface area contributed by atoms with Gasteiger partial charge in [-0.3, -0.25) is 0 Å². The first-order valence-corrected chi connectivity index (χ1v) is 7.26. The van der Waals surface area contributed by atoms with Gasteiger partial charge in [-0.15, -0.1) is 0 Å². The maximum atomic E-state index is 11.8. The second-order valence-electron chi connectivity index (χ2n) is 3.88. The molecule has 0 aliphatic carbocycles. The van der Waals surface area contributed by atoms with E-state index in [1.54, 1.807) is 24.3 Å². The molecule has 0 aromatic heterocycles. The smallest absolute Gasteiger partial charge is 0.211 e. The molecule has 0 fully saturated rings. The summed E-state index contributed by atoms with van der Waals surface area (Å²) in [6.45, 7) is 4.42. The Morgan fingerprint density at radius 1 is 1.18 bits per heavy atom. The van der Waals surface area contributed by atoms with E-state index in [1.807, 2.05) is 26.0 Å². The summed E-state index contributed by atoms with van der Waals surface area (Å²) in [5.74, 6) is 0. The third kappa shape index (κ3) is 4.71. The van der Waals surface area contributed by atoms with Crippen LogP contribution in [0.25, 0.3) is 0 Å². The third-order valence-electron chi connectivity index (χ3n) is 2.34. The molecule has 1 rings (SSSR count).